The number of ether oxygens (including phenoxy) is 2. The molecule has 0 bridgehead atoms. The van der Waals surface area contributed by atoms with E-state index in [4.69, 9.17) is 15.2 Å². The minimum absolute atomic E-state index is 0.0446. The van der Waals surface area contributed by atoms with Crippen molar-refractivity contribution in [3.63, 3.8) is 0 Å². The maximum atomic E-state index is 11.9. The van der Waals surface area contributed by atoms with E-state index in [1.165, 1.54) is 0 Å². The van der Waals surface area contributed by atoms with Crippen LogP contribution < -0.4 is 11.1 Å². The summed E-state index contributed by atoms with van der Waals surface area (Å²) in [6, 6.07) is 0.223. The zero-order chi connectivity index (χ0) is 13.4. The normalized spacial score (nSPS) is 25.1. The van der Waals surface area contributed by atoms with Crippen LogP contribution in [0.4, 0.5) is 0 Å². The molecule has 3 atom stereocenters. The van der Waals surface area contributed by atoms with E-state index < -0.39 is 6.10 Å². The van der Waals surface area contributed by atoms with Gasteiger partial charge in [0, 0.05) is 12.6 Å². The highest BCUT2D eigenvalue weighted by Gasteiger charge is 2.28. The number of carbonyl (C=O) groups is 1. The molecule has 1 saturated carbocycles. The average molecular weight is 258 g/mol. The molecule has 1 fully saturated rings. The molecule has 0 heterocycles. The van der Waals surface area contributed by atoms with Crippen LogP contribution in [0, 0.1) is 5.92 Å². The van der Waals surface area contributed by atoms with Crippen LogP contribution >= 0.6 is 0 Å². The van der Waals surface area contributed by atoms with Gasteiger partial charge in [-0.15, -0.1) is 0 Å². The van der Waals surface area contributed by atoms with E-state index in [-0.39, 0.29) is 11.9 Å². The van der Waals surface area contributed by atoms with Crippen LogP contribution in [-0.4, -0.2) is 44.4 Å². The highest BCUT2D eigenvalue weighted by Crippen LogP contribution is 2.24. The molecule has 0 aromatic heterocycles. The summed E-state index contributed by atoms with van der Waals surface area (Å²) in [5.41, 5.74) is 5.69. The Hall–Kier alpha value is -0.650. The van der Waals surface area contributed by atoms with Gasteiger partial charge >= 0.3 is 0 Å². The second kappa shape index (κ2) is 8.45. The van der Waals surface area contributed by atoms with Gasteiger partial charge < -0.3 is 20.5 Å². The molecule has 0 spiro atoms. The maximum absolute atomic E-state index is 11.9. The topological polar surface area (TPSA) is 73.6 Å². The maximum Gasteiger partial charge on any atom is 0.249 e. The molecule has 1 aliphatic rings. The molecule has 1 rings (SSSR count). The molecular formula is C13H26N2O3. The lowest BCUT2D eigenvalue weighted by Crippen LogP contribution is -2.44. The third kappa shape index (κ3) is 4.92. The molecule has 0 radical (unpaired) electrons. The van der Waals surface area contributed by atoms with E-state index in [0.717, 1.165) is 19.3 Å². The quantitative estimate of drug-likeness (QED) is 0.628. The molecule has 5 heteroatoms. The van der Waals surface area contributed by atoms with Gasteiger partial charge in [0.15, 0.2) is 0 Å². The van der Waals surface area contributed by atoms with Crippen LogP contribution in [0.15, 0.2) is 0 Å². The molecule has 0 aromatic rings. The standard InChI is InChI=1S/C13H26N2O3/c1-3-17-7-8-18-10(2)13(16)15-12-6-4-5-11(12)9-14/h10-12H,3-9,14H2,1-2H3,(H,15,16). The summed E-state index contributed by atoms with van der Waals surface area (Å²) in [5, 5.41) is 3.04. The highest BCUT2D eigenvalue weighted by atomic mass is 16.5. The number of hydrogen-bond acceptors (Lipinski definition) is 4. The Bertz CT molecular complexity index is 248. The van der Waals surface area contributed by atoms with Crippen molar-refractivity contribution in [3.05, 3.63) is 0 Å². The lowest BCUT2D eigenvalue weighted by Gasteiger charge is -2.22. The number of nitrogens with one attached hydrogen (secondary N) is 1. The summed E-state index contributed by atoms with van der Waals surface area (Å²) in [4.78, 5) is 11.9. The van der Waals surface area contributed by atoms with E-state index in [0.29, 0.717) is 32.3 Å². The van der Waals surface area contributed by atoms with Gasteiger partial charge in [-0.05, 0) is 39.2 Å². The van der Waals surface area contributed by atoms with Crippen LogP contribution in [0.2, 0.25) is 0 Å². The van der Waals surface area contributed by atoms with Crippen LogP contribution in [0.5, 0.6) is 0 Å². The molecule has 3 unspecified atom stereocenters. The smallest absolute Gasteiger partial charge is 0.249 e. The fraction of sp³-hybridized carbons (Fsp3) is 0.923. The third-order valence-electron chi connectivity index (χ3n) is 3.46. The van der Waals surface area contributed by atoms with Crippen LogP contribution in [0.3, 0.4) is 0 Å². The SMILES string of the molecule is CCOCCOC(C)C(=O)NC1CCCC1CN. The lowest BCUT2D eigenvalue weighted by atomic mass is 10.0. The lowest BCUT2D eigenvalue weighted by molar-refractivity contribution is -0.133. The Labute approximate surface area is 109 Å². The Morgan fingerprint density at radius 3 is 2.89 bits per heavy atom. The summed E-state index contributed by atoms with van der Waals surface area (Å²) < 4.78 is 10.6. The van der Waals surface area contributed by atoms with E-state index in [9.17, 15) is 4.79 Å². The fourth-order valence-electron chi connectivity index (χ4n) is 2.31. The number of nitrogens with two attached hydrogens (primary N) is 1. The Balaban J connectivity index is 2.22. The number of amides is 1. The minimum atomic E-state index is -0.426. The summed E-state index contributed by atoms with van der Waals surface area (Å²) in [7, 11) is 0. The highest BCUT2D eigenvalue weighted by molar-refractivity contribution is 5.80. The molecule has 5 nitrogen and oxygen atoms in total. The van der Waals surface area contributed by atoms with Gasteiger partial charge in [0.05, 0.1) is 13.2 Å². The summed E-state index contributed by atoms with van der Waals surface area (Å²) >= 11 is 0. The summed E-state index contributed by atoms with van der Waals surface area (Å²) in [6.45, 7) is 6.00. The molecule has 1 aliphatic carbocycles. The largest absolute Gasteiger partial charge is 0.379 e. The van der Waals surface area contributed by atoms with Gasteiger partial charge in [-0.25, -0.2) is 0 Å². The van der Waals surface area contributed by atoms with E-state index in [1.54, 1.807) is 6.92 Å². The average Bonchev–Trinajstić information content (AvgIpc) is 2.81. The molecular weight excluding hydrogens is 232 g/mol. The van der Waals surface area contributed by atoms with E-state index >= 15 is 0 Å². The summed E-state index contributed by atoms with van der Waals surface area (Å²) in [6.07, 6.45) is 2.86. The molecule has 0 aliphatic heterocycles. The number of carbonyl (C=O) groups excluding carboxylic acids is 1. The molecule has 18 heavy (non-hydrogen) atoms. The van der Waals surface area contributed by atoms with E-state index in [2.05, 4.69) is 5.32 Å². The third-order valence-corrected chi connectivity index (χ3v) is 3.46. The van der Waals surface area contributed by atoms with Crippen molar-refractivity contribution >= 4 is 5.91 Å². The zero-order valence-electron chi connectivity index (χ0n) is 11.5. The first-order valence-corrected chi connectivity index (χ1v) is 6.88. The first-order chi connectivity index (χ1) is 8.69. The van der Waals surface area contributed by atoms with Gasteiger partial charge in [-0.1, -0.05) is 6.42 Å². The van der Waals surface area contributed by atoms with Crippen molar-refractivity contribution in [2.24, 2.45) is 11.7 Å². The van der Waals surface area contributed by atoms with Gasteiger partial charge in [0.1, 0.15) is 6.10 Å². The first-order valence-electron chi connectivity index (χ1n) is 6.88. The van der Waals surface area contributed by atoms with Crippen molar-refractivity contribution in [1.82, 2.24) is 5.32 Å². The van der Waals surface area contributed by atoms with Crippen LogP contribution in [-0.2, 0) is 14.3 Å². The second-order valence-electron chi connectivity index (χ2n) is 4.75. The predicted octanol–water partition coefficient (Wildman–Crippen LogP) is 0.672. The Kier molecular flexibility index (Phi) is 7.23. The number of hydrogen-bond donors (Lipinski definition) is 2. The zero-order valence-corrected chi connectivity index (χ0v) is 11.5. The fourth-order valence-corrected chi connectivity index (χ4v) is 2.31. The van der Waals surface area contributed by atoms with Crippen molar-refractivity contribution in [1.29, 1.82) is 0 Å². The second-order valence-corrected chi connectivity index (χ2v) is 4.75. The molecule has 106 valence electrons. The first kappa shape index (κ1) is 15.4. The van der Waals surface area contributed by atoms with Crippen molar-refractivity contribution in [2.45, 2.75) is 45.3 Å². The molecule has 1 amide bonds. The van der Waals surface area contributed by atoms with Crippen molar-refractivity contribution in [2.75, 3.05) is 26.4 Å². The van der Waals surface area contributed by atoms with Crippen molar-refractivity contribution < 1.29 is 14.3 Å². The van der Waals surface area contributed by atoms with E-state index in [1.807, 2.05) is 6.92 Å². The Morgan fingerprint density at radius 1 is 1.44 bits per heavy atom. The van der Waals surface area contributed by atoms with Gasteiger partial charge in [-0.3, -0.25) is 4.79 Å². The Morgan fingerprint density at radius 2 is 2.22 bits per heavy atom. The van der Waals surface area contributed by atoms with Crippen LogP contribution in [0.25, 0.3) is 0 Å². The van der Waals surface area contributed by atoms with Gasteiger partial charge in [0.25, 0.3) is 0 Å². The van der Waals surface area contributed by atoms with Crippen LogP contribution in [0.1, 0.15) is 33.1 Å². The predicted molar refractivity (Wildman–Crippen MR) is 70.2 cm³/mol. The summed E-state index contributed by atoms with van der Waals surface area (Å²) in [5.74, 6) is 0.376. The van der Waals surface area contributed by atoms with Gasteiger partial charge in [0.2, 0.25) is 5.91 Å². The van der Waals surface area contributed by atoms with Gasteiger partial charge in [-0.2, -0.15) is 0 Å². The monoisotopic (exact) mass is 258 g/mol. The molecule has 0 aromatic carbocycles. The number of rotatable bonds is 8. The molecule has 0 saturated heterocycles. The molecule has 3 N–H and O–H groups in total. The minimum Gasteiger partial charge on any atom is -0.379 e. The van der Waals surface area contributed by atoms with Crippen molar-refractivity contribution in [3.8, 4) is 0 Å².